The van der Waals surface area contributed by atoms with Gasteiger partial charge in [-0.2, -0.15) is 0 Å². The van der Waals surface area contributed by atoms with Gasteiger partial charge in [0.15, 0.2) is 0 Å². The Kier molecular flexibility index (Phi) is 4.87. The largest absolute Gasteiger partial charge is 0.335 e. The van der Waals surface area contributed by atoms with Crippen molar-refractivity contribution in [2.45, 2.75) is 44.6 Å². The summed E-state index contributed by atoms with van der Waals surface area (Å²) >= 11 is 0. The predicted octanol–water partition coefficient (Wildman–Crippen LogP) is 1.91. The number of rotatable bonds is 3. The zero-order chi connectivity index (χ0) is 13.0. The highest BCUT2D eigenvalue weighted by atomic mass is 16.2. The van der Waals surface area contributed by atoms with Crippen molar-refractivity contribution in [2.75, 3.05) is 33.7 Å². The molecule has 2 fully saturated rings. The van der Waals surface area contributed by atoms with Crippen LogP contribution >= 0.6 is 0 Å². The quantitative estimate of drug-likeness (QED) is 0.834. The van der Waals surface area contributed by atoms with Gasteiger partial charge >= 0.3 is 6.03 Å². The molecule has 0 aromatic heterocycles. The Balaban J connectivity index is 1.70. The first-order chi connectivity index (χ1) is 8.65. The molecule has 0 atom stereocenters. The second-order valence-corrected chi connectivity index (χ2v) is 6.12. The van der Waals surface area contributed by atoms with Crippen molar-refractivity contribution in [1.29, 1.82) is 0 Å². The van der Waals surface area contributed by atoms with E-state index in [1.807, 2.05) is 4.90 Å². The van der Waals surface area contributed by atoms with Gasteiger partial charge in [-0.25, -0.2) is 4.79 Å². The van der Waals surface area contributed by atoms with E-state index in [0.717, 1.165) is 38.4 Å². The molecule has 0 spiro atoms. The topological polar surface area (TPSA) is 35.6 Å². The summed E-state index contributed by atoms with van der Waals surface area (Å²) < 4.78 is 0. The average molecular weight is 253 g/mol. The van der Waals surface area contributed by atoms with Crippen molar-refractivity contribution in [3.63, 3.8) is 0 Å². The molecule has 2 aliphatic rings. The number of carbonyl (C=O) groups is 1. The summed E-state index contributed by atoms with van der Waals surface area (Å²) in [5.41, 5.74) is 0. The van der Waals surface area contributed by atoms with E-state index in [0.29, 0.717) is 6.04 Å². The van der Waals surface area contributed by atoms with Crippen LogP contribution in [0.15, 0.2) is 0 Å². The molecule has 1 heterocycles. The standard InChI is InChI=1S/C14H27N3O/c1-16(2)11-12-7-9-17(10-8-12)14(18)15-13-5-3-4-6-13/h12-13H,3-11H2,1-2H3,(H,15,18). The third-order valence-electron chi connectivity index (χ3n) is 4.21. The average Bonchev–Trinajstić information content (AvgIpc) is 2.82. The second kappa shape index (κ2) is 6.41. The lowest BCUT2D eigenvalue weighted by molar-refractivity contribution is 0.157. The minimum atomic E-state index is 0.171. The first-order valence-electron chi connectivity index (χ1n) is 7.35. The molecule has 1 saturated heterocycles. The van der Waals surface area contributed by atoms with Crippen LogP contribution in [0.1, 0.15) is 38.5 Å². The molecular formula is C14H27N3O. The van der Waals surface area contributed by atoms with E-state index in [2.05, 4.69) is 24.3 Å². The minimum absolute atomic E-state index is 0.171. The van der Waals surface area contributed by atoms with Crippen LogP contribution in [0.3, 0.4) is 0 Å². The van der Waals surface area contributed by atoms with Crippen LogP contribution in [0.5, 0.6) is 0 Å². The molecule has 0 bridgehead atoms. The maximum Gasteiger partial charge on any atom is 0.317 e. The monoisotopic (exact) mass is 253 g/mol. The Labute approximate surface area is 111 Å². The number of nitrogens with one attached hydrogen (secondary N) is 1. The number of piperidine rings is 1. The van der Waals surface area contributed by atoms with E-state index >= 15 is 0 Å². The number of amides is 2. The van der Waals surface area contributed by atoms with Crippen molar-refractivity contribution < 1.29 is 4.79 Å². The van der Waals surface area contributed by atoms with E-state index < -0.39 is 0 Å². The van der Waals surface area contributed by atoms with E-state index in [4.69, 9.17) is 0 Å². The van der Waals surface area contributed by atoms with Crippen LogP contribution in [0.4, 0.5) is 4.79 Å². The first kappa shape index (κ1) is 13.7. The zero-order valence-corrected chi connectivity index (χ0v) is 11.8. The van der Waals surface area contributed by atoms with E-state index in [1.54, 1.807) is 0 Å². The molecule has 1 N–H and O–H groups in total. The summed E-state index contributed by atoms with van der Waals surface area (Å²) in [7, 11) is 4.25. The van der Waals surface area contributed by atoms with Gasteiger partial charge in [0.1, 0.15) is 0 Å². The molecule has 1 aliphatic carbocycles. The van der Waals surface area contributed by atoms with E-state index in [1.165, 1.54) is 25.7 Å². The lowest BCUT2D eigenvalue weighted by atomic mass is 9.96. The summed E-state index contributed by atoms with van der Waals surface area (Å²) in [6, 6.07) is 0.613. The molecule has 104 valence electrons. The molecule has 0 aromatic carbocycles. The van der Waals surface area contributed by atoms with Crippen LogP contribution in [-0.2, 0) is 0 Å². The molecule has 0 unspecified atom stereocenters. The zero-order valence-electron chi connectivity index (χ0n) is 11.8. The number of hydrogen-bond donors (Lipinski definition) is 1. The molecule has 2 rings (SSSR count). The fraction of sp³-hybridized carbons (Fsp3) is 0.929. The fourth-order valence-corrected chi connectivity index (χ4v) is 3.17. The molecule has 0 radical (unpaired) electrons. The highest BCUT2D eigenvalue weighted by Crippen LogP contribution is 2.20. The highest BCUT2D eigenvalue weighted by molar-refractivity contribution is 5.74. The van der Waals surface area contributed by atoms with E-state index in [-0.39, 0.29) is 6.03 Å². The number of urea groups is 1. The second-order valence-electron chi connectivity index (χ2n) is 6.12. The first-order valence-corrected chi connectivity index (χ1v) is 7.35. The highest BCUT2D eigenvalue weighted by Gasteiger charge is 2.25. The molecule has 0 aromatic rings. The smallest absolute Gasteiger partial charge is 0.317 e. The summed E-state index contributed by atoms with van der Waals surface area (Å²) in [4.78, 5) is 16.3. The summed E-state index contributed by atoms with van der Waals surface area (Å²) in [5, 5.41) is 3.18. The van der Waals surface area contributed by atoms with Crippen LogP contribution < -0.4 is 5.32 Å². The van der Waals surface area contributed by atoms with Crippen molar-refractivity contribution in [2.24, 2.45) is 5.92 Å². The van der Waals surface area contributed by atoms with Gasteiger partial charge in [-0.05, 0) is 45.7 Å². The molecule has 18 heavy (non-hydrogen) atoms. The minimum Gasteiger partial charge on any atom is -0.335 e. The van der Waals surface area contributed by atoms with Gasteiger partial charge in [0.2, 0.25) is 0 Å². The third kappa shape index (κ3) is 3.87. The lowest BCUT2D eigenvalue weighted by Crippen LogP contribution is -2.48. The van der Waals surface area contributed by atoms with Gasteiger partial charge in [-0.3, -0.25) is 0 Å². The summed E-state index contributed by atoms with van der Waals surface area (Å²) in [5.74, 6) is 0.760. The maximum absolute atomic E-state index is 12.1. The summed E-state index contributed by atoms with van der Waals surface area (Å²) in [6.45, 7) is 3.01. The fourth-order valence-electron chi connectivity index (χ4n) is 3.17. The number of carbonyl (C=O) groups excluding carboxylic acids is 1. The van der Waals surface area contributed by atoms with Gasteiger partial charge in [-0.15, -0.1) is 0 Å². The van der Waals surface area contributed by atoms with Crippen LogP contribution in [0, 0.1) is 5.92 Å². The molecule has 1 saturated carbocycles. The van der Waals surface area contributed by atoms with Gasteiger partial charge in [-0.1, -0.05) is 12.8 Å². The van der Waals surface area contributed by atoms with Gasteiger partial charge in [0.25, 0.3) is 0 Å². The number of nitrogens with zero attached hydrogens (tertiary/aromatic N) is 2. The normalized spacial score (nSPS) is 22.7. The summed E-state index contributed by atoms with van der Waals surface area (Å²) in [6.07, 6.45) is 7.18. The van der Waals surface area contributed by atoms with Crippen molar-refractivity contribution in [1.82, 2.24) is 15.1 Å². The van der Waals surface area contributed by atoms with Gasteiger partial charge in [0.05, 0.1) is 0 Å². The van der Waals surface area contributed by atoms with Crippen LogP contribution in [0.25, 0.3) is 0 Å². The lowest BCUT2D eigenvalue weighted by Gasteiger charge is -2.33. The number of likely N-dealkylation sites (tertiary alicyclic amines) is 1. The Bertz CT molecular complexity index is 266. The molecule has 2 amide bonds. The molecule has 4 heteroatoms. The van der Waals surface area contributed by atoms with Crippen molar-refractivity contribution in [3.05, 3.63) is 0 Å². The Hall–Kier alpha value is -0.770. The van der Waals surface area contributed by atoms with E-state index in [9.17, 15) is 4.79 Å². The van der Waals surface area contributed by atoms with Crippen LogP contribution in [0.2, 0.25) is 0 Å². The number of hydrogen-bond acceptors (Lipinski definition) is 2. The van der Waals surface area contributed by atoms with Gasteiger partial charge in [0, 0.05) is 25.7 Å². The molecular weight excluding hydrogens is 226 g/mol. The van der Waals surface area contributed by atoms with Crippen molar-refractivity contribution in [3.8, 4) is 0 Å². The molecule has 4 nitrogen and oxygen atoms in total. The maximum atomic E-state index is 12.1. The third-order valence-corrected chi connectivity index (χ3v) is 4.21. The molecule has 1 aliphatic heterocycles. The Morgan fingerprint density at radius 3 is 2.33 bits per heavy atom. The Morgan fingerprint density at radius 1 is 1.17 bits per heavy atom. The van der Waals surface area contributed by atoms with Crippen molar-refractivity contribution >= 4 is 6.03 Å². The SMILES string of the molecule is CN(C)CC1CCN(C(=O)NC2CCCC2)CC1. The van der Waals surface area contributed by atoms with Gasteiger partial charge < -0.3 is 15.1 Å². The Morgan fingerprint density at radius 2 is 1.78 bits per heavy atom. The van der Waals surface area contributed by atoms with Crippen LogP contribution in [-0.4, -0.2) is 55.6 Å². The predicted molar refractivity (Wildman–Crippen MR) is 73.6 cm³/mol.